The summed E-state index contributed by atoms with van der Waals surface area (Å²) >= 11 is 0. The Morgan fingerprint density at radius 3 is 2.21 bits per heavy atom. The number of hydrogen-bond donors (Lipinski definition) is 1. The molecular weight excluding hydrogens is 236 g/mol. The van der Waals surface area contributed by atoms with E-state index in [2.05, 4.69) is 6.92 Å². The van der Waals surface area contributed by atoms with E-state index in [9.17, 15) is 4.79 Å². The highest BCUT2D eigenvalue weighted by Gasteiger charge is 2.10. The molecule has 1 aromatic rings. The summed E-state index contributed by atoms with van der Waals surface area (Å²) in [6.45, 7) is 2.22. The third-order valence-electron chi connectivity index (χ3n) is 3.30. The first-order valence-electron chi connectivity index (χ1n) is 7.38. The van der Waals surface area contributed by atoms with Gasteiger partial charge in [-0.25, -0.2) is 10.9 Å². The number of nitrogens with two attached hydrogens (primary N) is 1. The predicted octanol–water partition coefficient (Wildman–Crippen LogP) is 4.03. The fourth-order valence-electron chi connectivity index (χ4n) is 2.09. The van der Waals surface area contributed by atoms with Crippen molar-refractivity contribution in [3.63, 3.8) is 0 Å². The summed E-state index contributed by atoms with van der Waals surface area (Å²) in [6, 6.07) is 9.38. The maximum absolute atomic E-state index is 11.9. The maximum Gasteiger partial charge on any atom is 0.241 e. The van der Waals surface area contributed by atoms with Crippen LogP contribution in [0, 0.1) is 0 Å². The number of nitrogens with zero attached hydrogens (tertiary/aromatic N) is 1. The van der Waals surface area contributed by atoms with Crippen LogP contribution in [0.2, 0.25) is 0 Å². The second kappa shape index (κ2) is 9.56. The first-order valence-corrected chi connectivity index (χ1v) is 7.38. The van der Waals surface area contributed by atoms with E-state index in [1.165, 1.54) is 37.1 Å². The molecule has 0 aromatic heterocycles. The molecule has 1 amide bonds. The molecule has 0 radical (unpaired) electrons. The zero-order valence-corrected chi connectivity index (χ0v) is 12.0. The third kappa shape index (κ3) is 6.39. The van der Waals surface area contributed by atoms with Gasteiger partial charge in [0.2, 0.25) is 5.91 Å². The number of rotatable bonds is 9. The van der Waals surface area contributed by atoms with Gasteiger partial charge in [-0.1, -0.05) is 63.6 Å². The van der Waals surface area contributed by atoms with Crippen molar-refractivity contribution in [2.45, 2.75) is 58.3 Å². The lowest BCUT2D eigenvalue weighted by Gasteiger charge is -2.16. The molecular formula is C16H26N2O. The van der Waals surface area contributed by atoms with Crippen molar-refractivity contribution in [2.24, 2.45) is 5.84 Å². The fourth-order valence-corrected chi connectivity index (χ4v) is 2.09. The Hall–Kier alpha value is -1.35. The lowest BCUT2D eigenvalue weighted by molar-refractivity contribution is -0.118. The topological polar surface area (TPSA) is 46.3 Å². The third-order valence-corrected chi connectivity index (χ3v) is 3.30. The predicted molar refractivity (Wildman–Crippen MR) is 80.7 cm³/mol. The van der Waals surface area contributed by atoms with Gasteiger partial charge in [0.1, 0.15) is 0 Å². The zero-order valence-electron chi connectivity index (χ0n) is 12.0. The molecule has 0 spiro atoms. The molecule has 0 bridgehead atoms. The summed E-state index contributed by atoms with van der Waals surface area (Å²) in [5, 5.41) is 1.26. The maximum atomic E-state index is 11.9. The van der Waals surface area contributed by atoms with Gasteiger partial charge in [0, 0.05) is 6.42 Å². The van der Waals surface area contributed by atoms with Gasteiger partial charge in [-0.05, 0) is 18.6 Å². The van der Waals surface area contributed by atoms with Gasteiger partial charge < -0.3 is 0 Å². The summed E-state index contributed by atoms with van der Waals surface area (Å²) in [4.78, 5) is 11.9. The molecule has 0 saturated carbocycles. The first-order chi connectivity index (χ1) is 9.25. The molecule has 3 nitrogen and oxygen atoms in total. The van der Waals surface area contributed by atoms with Gasteiger partial charge in [-0.2, -0.15) is 0 Å². The van der Waals surface area contributed by atoms with Gasteiger partial charge in [-0.3, -0.25) is 4.79 Å². The Balaban J connectivity index is 2.14. The summed E-state index contributed by atoms with van der Waals surface area (Å²) in [5.74, 6) is 5.80. The fraction of sp³-hybridized carbons (Fsp3) is 0.562. The Bertz CT molecular complexity index is 351. The molecule has 1 aromatic carbocycles. The smallest absolute Gasteiger partial charge is 0.241 e. The Kier molecular flexibility index (Phi) is 7.91. The number of unbranched alkanes of at least 4 members (excludes halogenated alkanes) is 6. The Labute approximate surface area is 116 Å². The number of amides is 1. The SMILES string of the molecule is CCCCCCCCCC(=O)N(N)c1ccccc1. The zero-order chi connectivity index (χ0) is 13.9. The van der Waals surface area contributed by atoms with Gasteiger partial charge in [0.25, 0.3) is 0 Å². The Morgan fingerprint density at radius 1 is 1.00 bits per heavy atom. The number of carbonyl (C=O) groups excluding carboxylic acids is 1. The van der Waals surface area contributed by atoms with Crippen molar-refractivity contribution in [1.82, 2.24) is 0 Å². The van der Waals surface area contributed by atoms with Crippen LogP contribution in [0.4, 0.5) is 5.69 Å². The van der Waals surface area contributed by atoms with E-state index in [0.717, 1.165) is 18.5 Å². The molecule has 0 unspecified atom stereocenters. The normalized spacial score (nSPS) is 10.4. The van der Waals surface area contributed by atoms with Crippen LogP contribution in [0.1, 0.15) is 58.3 Å². The number of anilines is 1. The molecule has 0 atom stereocenters. The van der Waals surface area contributed by atoms with E-state index in [1.54, 1.807) is 0 Å². The average Bonchev–Trinajstić information content (AvgIpc) is 2.46. The highest BCUT2D eigenvalue weighted by Crippen LogP contribution is 2.13. The van der Waals surface area contributed by atoms with Crippen LogP contribution in [-0.2, 0) is 4.79 Å². The van der Waals surface area contributed by atoms with E-state index in [-0.39, 0.29) is 5.91 Å². The molecule has 0 aliphatic carbocycles. The van der Waals surface area contributed by atoms with Gasteiger partial charge >= 0.3 is 0 Å². The van der Waals surface area contributed by atoms with Crippen LogP contribution in [0.3, 0.4) is 0 Å². The minimum atomic E-state index is -0.000224. The molecule has 0 aliphatic heterocycles. The second-order valence-corrected chi connectivity index (χ2v) is 4.97. The largest absolute Gasteiger partial charge is 0.273 e. The molecule has 1 rings (SSSR count). The van der Waals surface area contributed by atoms with Crippen LogP contribution < -0.4 is 10.9 Å². The molecule has 0 saturated heterocycles. The van der Waals surface area contributed by atoms with Gasteiger partial charge in [0.15, 0.2) is 0 Å². The second-order valence-electron chi connectivity index (χ2n) is 4.97. The number of hydrazine groups is 1. The van der Waals surface area contributed by atoms with E-state index in [0.29, 0.717) is 6.42 Å². The van der Waals surface area contributed by atoms with Crippen molar-refractivity contribution in [3.8, 4) is 0 Å². The molecule has 0 heterocycles. The lowest BCUT2D eigenvalue weighted by Crippen LogP contribution is -2.37. The summed E-state index contributed by atoms with van der Waals surface area (Å²) in [6.07, 6.45) is 9.03. The number of carbonyl (C=O) groups is 1. The van der Waals surface area contributed by atoms with E-state index >= 15 is 0 Å². The average molecular weight is 262 g/mol. The van der Waals surface area contributed by atoms with E-state index < -0.39 is 0 Å². The lowest BCUT2D eigenvalue weighted by atomic mass is 10.1. The van der Waals surface area contributed by atoms with Crippen LogP contribution in [0.25, 0.3) is 0 Å². The van der Waals surface area contributed by atoms with Crippen molar-refractivity contribution in [3.05, 3.63) is 30.3 Å². The summed E-state index contributed by atoms with van der Waals surface area (Å²) < 4.78 is 0. The van der Waals surface area contributed by atoms with Crippen molar-refractivity contribution in [1.29, 1.82) is 0 Å². The van der Waals surface area contributed by atoms with Crippen molar-refractivity contribution >= 4 is 11.6 Å². The molecule has 19 heavy (non-hydrogen) atoms. The summed E-state index contributed by atoms with van der Waals surface area (Å²) in [7, 11) is 0. The van der Waals surface area contributed by atoms with Crippen molar-refractivity contribution < 1.29 is 4.79 Å². The first kappa shape index (κ1) is 15.7. The van der Waals surface area contributed by atoms with E-state index in [1.807, 2.05) is 30.3 Å². The molecule has 0 aliphatic rings. The number of para-hydroxylation sites is 1. The summed E-state index contributed by atoms with van der Waals surface area (Å²) in [5.41, 5.74) is 0.760. The molecule has 106 valence electrons. The highest BCUT2D eigenvalue weighted by atomic mass is 16.2. The highest BCUT2D eigenvalue weighted by molar-refractivity contribution is 5.91. The molecule has 2 N–H and O–H groups in total. The van der Waals surface area contributed by atoms with Crippen molar-refractivity contribution in [2.75, 3.05) is 5.01 Å². The van der Waals surface area contributed by atoms with Crippen LogP contribution >= 0.6 is 0 Å². The monoisotopic (exact) mass is 262 g/mol. The van der Waals surface area contributed by atoms with E-state index in [4.69, 9.17) is 5.84 Å². The quantitative estimate of drug-likeness (QED) is 0.316. The van der Waals surface area contributed by atoms with Crippen LogP contribution in [-0.4, -0.2) is 5.91 Å². The van der Waals surface area contributed by atoms with Crippen LogP contribution in [0.15, 0.2) is 30.3 Å². The van der Waals surface area contributed by atoms with Gasteiger partial charge in [-0.15, -0.1) is 0 Å². The van der Waals surface area contributed by atoms with Gasteiger partial charge in [0.05, 0.1) is 5.69 Å². The Morgan fingerprint density at radius 2 is 1.58 bits per heavy atom. The minimum Gasteiger partial charge on any atom is -0.273 e. The molecule has 0 fully saturated rings. The van der Waals surface area contributed by atoms with Crippen LogP contribution in [0.5, 0.6) is 0 Å². The standard InChI is InChI=1S/C16H26N2O/c1-2-3-4-5-6-7-11-14-16(19)18(17)15-12-9-8-10-13-15/h8-10,12-13H,2-7,11,14,17H2,1H3. The number of benzene rings is 1. The number of hydrogen-bond acceptors (Lipinski definition) is 2. The molecule has 3 heteroatoms. The minimum absolute atomic E-state index is 0.000224.